The van der Waals surface area contributed by atoms with E-state index in [4.69, 9.17) is 9.47 Å². The number of fused-ring (bicyclic) bond motifs is 1. The Labute approximate surface area is 214 Å². The summed E-state index contributed by atoms with van der Waals surface area (Å²) in [7, 11) is 1.44. The minimum atomic E-state index is -1.44. The number of hydrogen-bond donors (Lipinski definition) is 1. The van der Waals surface area contributed by atoms with Gasteiger partial charge in [0.25, 0.3) is 5.56 Å². The van der Waals surface area contributed by atoms with E-state index >= 15 is 0 Å². The summed E-state index contributed by atoms with van der Waals surface area (Å²) in [6.07, 6.45) is 1.77. The first-order chi connectivity index (χ1) is 17.5. The topological polar surface area (TPSA) is 130 Å². The highest BCUT2D eigenvalue weighted by Gasteiger charge is 2.29. The van der Waals surface area contributed by atoms with Crippen LogP contribution in [0.25, 0.3) is 15.2 Å². The van der Waals surface area contributed by atoms with Gasteiger partial charge < -0.3 is 14.6 Å². The molecule has 0 fully saturated rings. The summed E-state index contributed by atoms with van der Waals surface area (Å²) in [6.45, 7) is 6.38. The minimum Gasteiger partial charge on any atom is -0.496 e. The number of methoxy groups -OCH3 is 1. The molecule has 1 N–H and O–H groups in total. The number of benzene rings is 1. The van der Waals surface area contributed by atoms with Crippen molar-refractivity contribution in [2.24, 2.45) is 0 Å². The fourth-order valence-electron chi connectivity index (χ4n) is 4.14. The van der Waals surface area contributed by atoms with E-state index in [0.717, 1.165) is 11.3 Å². The largest absolute Gasteiger partial charge is 0.496 e. The van der Waals surface area contributed by atoms with Gasteiger partial charge in [0.2, 0.25) is 0 Å². The van der Waals surface area contributed by atoms with Crippen molar-refractivity contribution in [3.8, 4) is 10.8 Å². The maximum atomic E-state index is 14.3. The summed E-state index contributed by atoms with van der Waals surface area (Å²) in [5.41, 5.74) is -0.710. The molecule has 0 unspecified atom stereocenters. The van der Waals surface area contributed by atoms with Crippen LogP contribution in [0.2, 0.25) is 0 Å². The first-order valence-corrected chi connectivity index (χ1v) is 12.2. The lowest BCUT2D eigenvalue weighted by molar-refractivity contribution is -0.140. The lowest BCUT2D eigenvalue weighted by Gasteiger charge is -2.24. The number of carbonyl (C=O) groups is 1. The summed E-state index contributed by atoms with van der Waals surface area (Å²) in [5.74, 6) is -1.50. The average molecular weight is 532 g/mol. The normalized spacial score (nSPS) is 13.3. The number of halogens is 1. The third kappa shape index (κ3) is 4.79. The van der Waals surface area contributed by atoms with E-state index in [0.29, 0.717) is 31.3 Å². The second-order valence-corrected chi connectivity index (χ2v) is 9.65. The fraction of sp³-hybridized carbons (Fsp3) is 0.375. The monoisotopic (exact) mass is 531 g/mol. The maximum absolute atomic E-state index is 14.3. The van der Waals surface area contributed by atoms with E-state index in [1.165, 1.54) is 54.0 Å². The highest BCUT2D eigenvalue weighted by Crippen LogP contribution is 2.34. The van der Waals surface area contributed by atoms with Crippen LogP contribution in [-0.2, 0) is 16.1 Å². The number of rotatable bonds is 9. The predicted octanol–water partition coefficient (Wildman–Crippen LogP) is 3.07. The third-order valence-corrected chi connectivity index (χ3v) is 7.17. The standard InChI is InChI=1S/C24H26FN5O6S/c1-12(2)36-18(16-10-15(25)6-7-17(16)35-5)11-28-22-19(13(3)21(37-22)30-26-8-9-27-30)20(31)29(24(28)34)14(4)23(32)33/h6-10,12,14,18H,11H2,1-5H3,(H,32,33)/t14-,18-/m0/s1. The summed E-state index contributed by atoms with van der Waals surface area (Å²) < 4.78 is 27.8. The van der Waals surface area contributed by atoms with Crippen LogP contribution in [0, 0.1) is 12.7 Å². The van der Waals surface area contributed by atoms with E-state index < -0.39 is 35.2 Å². The van der Waals surface area contributed by atoms with Crippen molar-refractivity contribution >= 4 is 27.5 Å². The minimum absolute atomic E-state index is 0.147. The van der Waals surface area contributed by atoms with Crippen LogP contribution >= 0.6 is 11.3 Å². The first kappa shape index (κ1) is 26.2. The van der Waals surface area contributed by atoms with Crippen LogP contribution in [0.5, 0.6) is 5.75 Å². The number of aliphatic carboxylic acids is 1. The van der Waals surface area contributed by atoms with E-state index in [9.17, 15) is 23.9 Å². The Hall–Kier alpha value is -3.84. The Balaban J connectivity index is 2.03. The zero-order chi connectivity index (χ0) is 27.0. The Kier molecular flexibility index (Phi) is 7.28. The number of aryl methyl sites for hydroxylation is 1. The maximum Gasteiger partial charge on any atom is 0.333 e. The molecule has 0 aliphatic carbocycles. The van der Waals surface area contributed by atoms with Crippen LogP contribution < -0.4 is 16.0 Å². The third-order valence-electron chi connectivity index (χ3n) is 5.89. The highest BCUT2D eigenvalue weighted by atomic mass is 32.1. The predicted molar refractivity (Wildman–Crippen MR) is 134 cm³/mol. The molecule has 0 aliphatic rings. The van der Waals surface area contributed by atoms with Crippen LogP contribution in [0.4, 0.5) is 4.39 Å². The van der Waals surface area contributed by atoms with Gasteiger partial charge in [-0.2, -0.15) is 10.2 Å². The second kappa shape index (κ2) is 10.3. The van der Waals surface area contributed by atoms with E-state index in [1.807, 2.05) is 0 Å². The molecule has 0 saturated heterocycles. The van der Waals surface area contributed by atoms with Gasteiger partial charge in [-0.15, -0.1) is 4.80 Å². The molecule has 11 nitrogen and oxygen atoms in total. The molecule has 0 aliphatic heterocycles. The molecule has 196 valence electrons. The zero-order valence-corrected chi connectivity index (χ0v) is 21.7. The van der Waals surface area contributed by atoms with Crippen molar-refractivity contribution in [3.05, 3.63) is 68.4 Å². The van der Waals surface area contributed by atoms with Gasteiger partial charge in [-0.3, -0.25) is 9.36 Å². The molecule has 0 spiro atoms. The molecule has 1 aromatic carbocycles. The Morgan fingerprint density at radius 1 is 1.19 bits per heavy atom. The summed E-state index contributed by atoms with van der Waals surface area (Å²) in [5, 5.41) is 18.6. The molecule has 0 amide bonds. The highest BCUT2D eigenvalue weighted by molar-refractivity contribution is 7.21. The second-order valence-electron chi connectivity index (χ2n) is 8.67. The number of carboxylic acids is 1. The summed E-state index contributed by atoms with van der Waals surface area (Å²) in [6, 6.07) is 2.54. The fourth-order valence-corrected chi connectivity index (χ4v) is 5.36. The molecule has 3 heterocycles. The van der Waals surface area contributed by atoms with Crippen LogP contribution in [0.1, 0.15) is 44.0 Å². The van der Waals surface area contributed by atoms with Crippen LogP contribution in [-0.4, -0.2) is 48.4 Å². The number of aromatic nitrogens is 5. The number of ether oxygens (including phenoxy) is 2. The molecule has 4 aromatic rings. The van der Waals surface area contributed by atoms with Crippen molar-refractivity contribution in [2.45, 2.75) is 52.5 Å². The van der Waals surface area contributed by atoms with Crippen molar-refractivity contribution in [1.82, 2.24) is 24.1 Å². The number of nitrogens with zero attached hydrogens (tertiary/aromatic N) is 5. The Morgan fingerprint density at radius 2 is 1.86 bits per heavy atom. The zero-order valence-electron chi connectivity index (χ0n) is 20.8. The lowest BCUT2D eigenvalue weighted by atomic mass is 10.1. The molecule has 2 atom stereocenters. The first-order valence-electron chi connectivity index (χ1n) is 11.4. The van der Waals surface area contributed by atoms with Gasteiger partial charge in [0.1, 0.15) is 33.5 Å². The molecule has 3 aromatic heterocycles. The van der Waals surface area contributed by atoms with Crippen molar-refractivity contribution in [1.29, 1.82) is 0 Å². The Morgan fingerprint density at radius 3 is 2.46 bits per heavy atom. The molecule has 37 heavy (non-hydrogen) atoms. The summed E-state index contributed by atoms with van der Waals surface area (Å²) in [4.78, 5) is 40.6. The van der Waals surface area contributed by atoms with Gasteiger partial charge >= 0.3 is 11.7 Å². The number of carboxylic acid groups (broad SMARTS) is 1. The smallest absolute Gasteiger partial charge is 0.333 e. The van der Waals surface area contributed by atoms with Crippen molar-refractivity contribution < 1.29 is 23.8 Å². The molecule has 13 heteroatoms. The molecule has 0 radical (unpaired) electrons. The van der Waals surface area contributed by atoms with E-state index in [1.54, 1.807) is 20.8 Å². The quantitative estimate of drug-likeness (QED) is 0.349. The van der Waals surface area contributed by atoms with Gasteiger partial charge in [0.05, 0.1) is 37.5 Å². The Bertz CT molecular complexity index is 1570. The molecular formula is C24H26FN5O6S. The van der Waals surface area contributed by atoms with Crippen molar-refractivity contribution in [2.75, 3.05) is 7.11 Å². The van der Waals surface area contributed by atoms with E-state index in [-0.39, 0.29) is 18.0 Å². The van der Waals surface area contributed by atoms with Gasteiger partial charge in [-0.05, 0) is 45.9 Å². The van der Waals surface area contributed by atoms with Gasteiger partial charge in [-0.1, -0.05) is 11.3 Å². The average Bonchev–Trinajstić information content (AvgIpc) is 3.48. The number of thiophene rings is 1. The number of hydrogen-bond acceptors (Lipinski definition) is 8. The molecule has 4 rings (SSSR count). The van der Waals surface area contributed by atoms with Crippen molar-refractivity contribution in [3.63, 3.8) is 0 Å². The van der Waals surface area contributed by atoms with Gasteiger partial charge in [-0.25, -0.2) is 18.5 Å². The van der Waals surface area contributed by atoms with Gasteiger partial charge in [0, 0.05) is 11.1 Å². The van der Waals surface area contributed by atoms with Crippen LogP contribution in [0.15, 0.2) is 40.2 Å². The van der Waals surface area contributed by atoms with E-state index in [2.05, 4.69) is 10.2 Å². The summed E-state index contributed by atoms with van der Waals surface area (Å²) >= 11 is 1.11. The molecule has 0 bridgehead atoms. The lowest BCUT2D eigenvalue weighted by Crippen LogP contribution is -2.44. The SMILES string of the molecule is COc1ccc(F)cc1[C@H](Cn1c(=O)n([C@@H](C)C(=O)O)c(=O)c2c(C)c(-n3nccn3)sc21)OC(C)C. The molecular weight excluding hydrogens is 505 g/mol. The molecule has 0 saturated carbocycles. The van der Waals surface area contributed by atoms with Crippen LogP contribution in [0.3, 0.4) is 0 Å². The van der Waals surface area contributed by atoms with Gasteiger partial charge in [0.15, 0.2) is 0 Å².